The van der Waals surface area contributed by atoms with Gasteiger partial charge in [-0.05, 0) is 25.0 Å². The summed E-state index contributed by atoms with van der Waals surface area (Å²) in [5, 5.41) is 3.26. The molecule has 0 radical (unpaired) electrons. The minimum absolute atomic E-state index is 0.179. The zero-order valence-electron chi connectivity index (χ0n) is 12.0. The van der Waals surface area contributed by atoms with Crippen molar-refractivity contribution in [3.63, 3.8) is 0 Å². The number of nitrogens with zero attached hydrogens (tertiary/aromatic N) is 2. The van der Waals surface area contributed by atoms with Crippen molar-refractivity contribution in [2.45, 2.75) is 25.1 Å². The molecule has 0 aliphatic carbocycles. The van der Waals surface area contributed by atoms with Crippen LogP contribution >= 0.6 is 0 Å². The van der Waals surface area contributed by atoms with Crippen LogP contribution in [0.4, 0.5) is 19.0 Å². The standard InChI is InChI=1S/C14H20F3N3O/c1-21-8-6-18-10-12-3-2-7-20(12)13-9-11(4-5-19-13)14(15,16)17/h4-5,9,12,18H,2-3,6-8,10H2,1H3. The first-order chi connectivity index (χ1) is 10.0. The van der Waals surface area contributed by atoms with Crippen LogP contribution in [-0.4, -0.2) is 44.4 Å². The van der Waals surface area contributed by atoms with Crippen LogP contribution in [0.2, 0.25) is 0 Å². The van der Waals surface area contributed by atoms with E-state index in [2.05, 4.69) is 10.3 Å². The third-order valence-corrected chi connectivity index (χ3v) is 3.61. The highest BCUT2D eigenvalue weighted by Gasteiger charge is 2.32. The molecule has 7 heteroatoms. The fraction of sp³-hybridized carbons (Fsp3) is 0.643. The molecular formula is C14H20F3N3O. The molecule has 1 N–H and O–H groups in total. The molecule has 1 aromatic heterocycles. The molecule has 0 saturated carbocycles. The molecule has 118 valence electrons. The number of aromatic nitrogens is 1. The van der Waals surface area contributed by atoms with Crippen molar-refractivity contribution in [2.75, 3.05) is 38.3 Å². The molecule has 0 bridgehead atoms. The van der Waals surface area contributed by atoms with Crippen molar-refractivity contribution in [3.05, 3.63) is 23.9 Å². The largest absolute Gasteiger partial charge is 0.416 e. The predicted molar refractivity (Wildman–Crippen MR) is 74.4 cm³/mol. The van der Waals surface area contributed by atoms with Crippen molar-refractivity contribution in [2.24, 2.45) is 0 Å². The Morgan fingerprint density at radius 1 is 1.48 bits per heavy atom. The Morgan fingerprint density at radius 2 is 2.29 bits per heavy atom. The van der Waals surface area contributed by atoms with Crippen LogP contribution in [0.5, 0.6) is 0 Å². The monoisotopic (exact) mass is 303 g/mol. The second-order valence-electron chi connectivity index (χ2n) is 5.09. The summed E-state index contributed by atoms with van der Waals surface area (Å²) in [6, 6.07) is 2.32. The first kappa shape index (κ1) is 16.0. The predicted octanol–water partition coefficient (Wildman–Crippen LogP) is 2.31. The lowest BCUT2D eigenvalue weighted by molar-refractivity contribution is -0.137. The lowest BCUT2D eigenvalue weighted by Crippen LogP contribution is -2.39. The van der Waals surface area contributed by atoms with Crippen molar-refractivity contribution in [3.8, 4) is 0 Å². The van der Waals surface area contributed by atoms with Crippen molar-refractivity contribution in [1.82, 2.24) is 10.3 Å². The van der Waals surface area contributed by atoms with Crippen LogP contribution in [0.3, 0.4) is 0 Å². The van der Waals surface area contributed by atoms with Gasteiger partial charge in [0.2, 0.25) is 0 Å². The van der Waals surface area contributed by atoms with Crippen molar-refractivity contribution >= 4 is 5.82 Å². The maximum Gasteiger partial charge on any atom is 0.416 e. The van der Waals surface area contributed by atoms with Gasteiger partial charge in [-0.1, -0.05) is 0 Å². The molecule has 1 aromatic rings. The molecule has 1 saturated heterocycles. The van der Waals surface area contributed by atoms with Gasteiger partial charge in [-0.3, -0.25) is 0 Å². The first-order valence-electron chi connectivity index (χ1n) is 7.02. The number of hydrogen-bond donors (Lipinski definition) is 1. The van der Waals surface area contributed by atoms with Gasteiger partial charge in [0.25, 0.3) is 0 Å². The number of ether oxygens (including phenoxy) is 1. The molecule has 1 atom stereocenters. The van der Waals surface area contributed by atoms with Crippen molar-refractivity contribution < 1.29 is 17.9 Å². The van der Waals surface area contributed by atoms with E-state index in [-0.39, 0.29) is 6.04 Å². The van der Waals surface area contributed by atoms with Gasteiger partial charge < -0.3 is 15.0 Å². The Bertz CT molecular complexity index is 453. The van der Waals surface area contributed by atoms with E-state index in [0.717, 1.165) is 44.6 Å². The van der Waals surface area contributed by atoms with Gasteiger partial charge in [-0.25, -0.2) is 4.98 Å². The molecule has 2 heterocycles. The van der Waals surface area contributed by atoms with Crippen LogP contribution in [0.1, 0.15) is 18.4 Å². The Balaban J connectivity index is 2.02. The fourth-order valence-electron chi connectivity index (χ4n) is 2.54. The molecule has 1 aliphatic heterocycles. The number of pyridine rings is 1. The van der Waals surface area contributed by atoms with Gasteiger partial charge in [0, 0.05) is 39.0 Å². The molecule has 1 aliphatic rings. The number of halogens is 3. The van der Waals surface area contributed by atoms with E-state index in [4.69, 9.17) is 4.74 Å². The lowest BCUT2D eigenvalue weighted by atomic mass is 10.2. The van der Waals surface area contributed by atoms with Gasteiger partial charge in [-0.15, -0.1) is 0 Å². The van der Waals surface area contributed by atoms with E-state index in [9.17, 15) is 13.2 Å². The molecule has 1 fully saturated rings. The Labute approximate surface area is 122 Å². The smallest absolute Gasteiger partial charge is 0.383 e. The number of methoxy groups -OCH3 is 1. The van der Waals surface area contributed by atoms with E-state index in [1.165, 1.54) is 6.20 Å². The van der Waals surface area contributed by atoms with Crippen molar-refractivity contribution in [1.29, 1.82) is 0 Å². The van der Waals surface area contributed by atoms with Gasteiger partial charge in [0.05, 0.1) is 12.2 Å². The van der Waals surface area contributed by atoms with E-state index in [0.29, 0.717) is 12.4 Å². The highest BCUT2D eigenvalue weighted by molar-refractivity contribution is 5.44. The molecule has 4 nitrogen and oxygen atoms in total. The number of hydrogen-bond acceptors (Lipinski definition) is 4. The maximum atomic E-state index is 12.8. The fourth-order valence-corrected chi connectivity index (χ4v) is 2.54. The Hall–Kier alpha value is -1.34. The average molecular weight is 303 g/mol. The zero-order chi connectivity index (χ0) is 15.3. The third-order valence-electron chi connectivity index (χ3n) is 3.61. The summed E-state index contributed by atoms with van der Waals surface area (Å²) < 4.78 is 43.3. The molecule has 0 amide bonds. The average Bonchev–Trinajstić information content (AvgIpc) is 2.91. The minimum Gasteiger partial charge on any atom is -0.383 e. The zero-order valence-corrected chi connectivity index (χ0v) is 12.0. The molecule has 21 heavy (non-hydrogen) atoms. The second-order valence-corrected chi connectivity index (χ2v) is 5.09. The SMILES string of the molecule is COCCNCC1CCCN1c1cc(C(F)(F)F)ccn1. The van der Waals surface area contributed by atoms with Crippen LogP contribution in [-0.2, 0) is 10.9 Å². The Morgan fingerprint density at radius 3 is 3.00 bits per heavy atom. The molecule has 1 unspecified atom stereocenters. The highest BCUT2D eigenvalue weighted by Crippen LogP contribution is 2.32. The van der Waals surface area contributed by atoms with Gasteiger partial charge in [-0.2, -0.15) is 13.2 Å². The van der Waals surface area contributed by atoms with Crippen LogP contribution < -0.4 is 10.2 Å². The van der Waals surface area contributed by atoms with Gasteiger partial charge in [0.1, 0.15) is 5.82 Å². The van der Waals surface area contributed by atoms with E-state index < -0.39 is 11.7 Å². The quantitative estimate of drug-likeness (QED) is 0.818. The van der Waals surface area contributed by atoms with Crippen LogP contribution in [0.25, 0.3) is 0 Å². The molecular weight excluding hydrogens is 283 g/mol. The molecule has 0 aromatic carbocycles. The van der Waals surface area contributed by atoms with E-state index in [1.54, 1.807) is 7.11 Å². The van der Waals surface area contributed by atoms with Gasteiger partial charge >= 0.3 is 6.18 Å². The summed E-state index contributed by atoms with van der Waals surface area (Å²) in [6.07, 6.45) is -1.18. The van der Waals surface area contributed by atoms with Gasteiger partial charge in [0.15, 0.2) is 0 Å². The summed E-state index contributed by atoms with van der Waals surface area (Å²) in [7, 11) is 1.64. The lowest BCUT2D eigenvalue weighted by Gasteiger charge is -2.26. The summed E-state index contributed by atoms with van der Waals surface area (Å²) in [6.45, 7) is 2.82. The Kier molecular flexibility index (Phi) is 5.41. The number of alkyl halides is 3. The second kappa shape index (κ2) is 7.09. The number of rotatable bonds is 6. The summed E-state index contributed by atoms with van der Waals surface area (Å²) in [5.41, 5.74) is -0.648. The topological polar surface area (TPSA) is 37.4 Å². The van der Waals surface area contributed by atoms with Crippen LogP contribution in [0.15, 0.2) is 18.3 Å². The maximum absolute atomic E-state index is 12.8. The van der Waals surface area contributed by atoms with E-state index >= 15 is 0 Å². The minimum atomic E-state index is -4.33. The summed E-state index contributed by atoms with van der Waals surface area (Å²) >= 11 is 0. The first-order valence-corrected chi connectivity index (χ1v) is 7.02. The highest BCUT2D eigenvalue weighted by atomic mass is 19.4. The van der Waals surface area contributed by atoms with Crippen LogP contribution in [0, 0.1) is 0 Å². The number of nitrogens with one attached hydrogen (secondary N) is 1. The summed E-state index contributed by atoms with van der Waals surface area (Å²) in [5.74, 6) is 0.404. The third kappa shape index (κ3) is 4.31. The molecule has 2 rings (SSSR count). The molecule has 0 spiro atoms. The number of anilines is 1. The van der Waals surface area contributed by atoms with E-state index in [1.807, 2.05) is 4.90 Å². The summed E-state index contributed by atoms with van der Waals surface area (Å²) in [4.78, 5) is 6.06. The normalized spacial score (nSPS) is 19.2.